The van der Waals surface area contributed by atoms with E-state index in [0.29, 0.717) is 13.1 Å². The van der Waals surface area contributed by atoms with Crippen molar-refractivity contribution < 1.29 is 28.5 Å². The van der Waals surface area contributed by atoms with E-state index in [-0.39, 0.29) is 4.90 Å². The first-order chi connectivity index (χ1) is 9.34. The fourth-order valence-corrected chi connectivity index (χ4v) is 3.72. The minimum Gasteiger partial charge on any atom is -0.504 e. The third-order valence-electron chi connectivity index (χ3n) is 3.25. The summed E-state index contributed by atoms with van der Waals surface area (Å²) in [4.78, 5) is 10.6. The number of rotatable bonds is 3. The molecule has 1 saturated heterocycles. The lowest BCUT2D eigenvalue weighted by atomic mass is 10.2. The number of carbonyl (C=O) groups is 1. The van der Waals surface area contributed by atoms with E-state index < -0.39 is 33.1 Å². The van der Waals surface area contributed by atoms with Crippen molar-refractivity contribution in [1.82, 2.24) is 4.31 Å². The number of sulfonamides is 1. The standard InChI is InChI=1S/C12H15NO6S/c14-10-7-8(6-9(11(10)15)12(16)17)20(18,19)13-4-2-1-3-5-13/h6-7,14-15H,1-5H2,(H,16,17). The molecule has 0 aliphatic carbocycles. The van der Waals surface area contributed by atoms with Crippen molar-refractivity contribution in [1.29, 1.82) is 0 Å². The van der Waals surface area contributed by atoms with Gasteiger partial charge in [0.25, 0.3) is 0 Å². The van der Waals surface area contributed by atoms with E-state index >= 15 is 0 Å². The summed E-state index contributed by atoms with van der Waals surface area (Å²) in [6.45, 7) is 0.735. The second-order valence-electron chi connectivity index (χ2n) is 4.61. The molecule has 0 saturated carbocycles. The van der Waals surface area contributed by atoms with Crippen LogP contribution in [0.1, 0.15) is 29.6 Å². The molecule has 0 radical (unpaired) electrons. The molecule has 0 amide bonds. The Hall–Kier alpha value is -1.80. The molecule has 20 heavy (non-hydrogen) atoms. The van der Waals surface area contributed by atoms with E-state index in [1.165, 1.54) is 4.31 Å². The van der Waals surface area contributed by atoms with Gasteiger partial charge in [-0.05, 0) is 18.9 Å². The molecule has 1 aliphatic heterocycles. The summed E-state index contributed by atoms with van der Waals surface area (Å²) in [6.07, 6.45) is 2.44. The zero-order valence-corrected chi connectivity index (χ0v) is 11.4. The van der Waals surface area contributed by atoms with E-state index in [2.05, 4.69) is 0 Å². The van der Waals surface area contributed by atoms with Crippen LogP contribution >= 0.6 is 0 Å². The molecule has 1 aliphatic rings. The van der Waals surface area contributed by atoms with Gasteiger partial charge in [0.2, 0.25) is 10.0 Å². The van der Waals surface area contributed by atoms with Crippen LogP contribution in [0, 0.1) is 0 Å². The van der Waals surface area contributed by atoms with E-state index in [0.717, 1.165) is 31.4 Å². The highest BCUT2D eigenvalue weighted by Gasteiger charge is 2.28. The van der Waals surface area contributed by atoms with Crippen molar-refractivity contribution in [3.8, 4) is 11.5 Å². The Bertz CT molecular complexity index is 634. The van der Waals surface area contributed by atoms with Crippen LogP contribution in [0.4, 0.5) is 0 Å². The second-order valence-corrected chi connectivity index (χ2v) is 6.55. The molecule has 2 rings (SSSR count). The Labute approximate surface area is 116 Å². The minimum atomic E-state index is -3.86. The van der Waals surface area contributed by atoms with Crippen LogP contribution in [0.3, 0.4) is 0 Å². The first-order valence-electron chi connectivity index (χ1n) is 6.13. The number of phenols is 2. The van der Waals surface area contributed by atoms with E-state index in [9.17, 15) is 23.4 Å². The zero-order valence-electron chi connectivity index (χ0n) is 10.6. The molecule has 8 heteroatoms. The number of nitrogens with zero attached hydrogens (tertiary/aromatic N) is 1. The smallest absolute Gasteiger partial charge is 0.339 e. The Morgan fingerprint density at radius 3 is 2.25 bits per heavy atom. The Morgan fingerprint density at radius 1 is 1.10 bits per heavy atom. The lowest BCUT2D eigenvalue weighted by Gasteiger charge is -2.26. The maximum Gasteiger partial charge on any atom is 0.339 e. The van der Waals surface area contributed by atoms with E-state index in [1.807, 2.05) is 0 Å². The molecular formula is C12H15NO6S. The summed E-state index contributed by atoms with van der Waals surface area (Å²) < 4.78 is 26.0. The van der Waals surface area contributed by atoms with Crippen LogP contribution < -0.4 is 0 Å². The van der Waals surface area contributed by atoms with Crippen molar-refractivity contribution in [2.75, 3.05) is 13.1 Å². The predicted molar refractivity (Wildman–Crippen MR) is 69.3 cm³/mol. The number of hydrogen-bond acceptors (Lipinski definition) is 5. The monoisotopic (exact) mass is 301 g/mol. The van der Waals surface area contributed by atoms with Crippen LogP contribution in [0.25, 0.3) is 0 Å². The van der Waals surface area contributed by atoms with Crippen LogP contribution in [0.15, 0.2) is 17.0 Å². The van der Waals surface area contributed by atoms with Crippen molar-refractivity contribution >= 4 is 16.0 Å². The molecule has 7 nitrogen and oxygen atoms in total. The maximum atomic E-state index is 12.4. The van der Waals surface area contributed by atoms with Gasteiger partial charge in [-0.15, -0.1) is 0 Å². The SMILES string of the molecule is O=C(O)c1cc(S(=O)(=O)N2CCCCC2)cc(O)c1O. The predicted octanol–water partition coefficient (Wildman–Crippen LogP) is 0.971. The normalized spacial score (nSPS) is 17.0. The highest BCUT2D eigenvalue weighted by molar-refractivity contribution is 7.89. The first kappa shape index (κ1) is 14.6. The third-order valence-corrected chi connectivity index (χ3v) is 5.12. The lowest BCUT2D eigenvalue weighted by Crippen LogP contribution is -2.35. The van der Waals surface area contributed by atoms with Gasteiger partial charge in [-0.25, -0.2) is 13.2 Å². The summed E-state index contributed by atoms with van der Waals surface area (Å²) in [5.74, 6) is -3.11. The maximum absolute atomic E-state index is 12.4. The topological polar surface area (TPSA) is 115 Å². The second kappa shape index (κ2) is 5.29. The van der Waals surface area contributed by atoms with Gasteiger partial charge >= 0.3 is 5.97 Å². The average molecular weight is 301 g/mol. The summed E-state index contributed by atoms with van der Waals surface area (Å²) in [5.41, 5.74) is -0.638. The summed E-state index contributed by atoms with van der Waals surface area (Å²) in [5, 5.41) is 27.8. The Balaban J connectivity index is 2.49. The van der Waals surface area contributed by atoms with E-state index in [4.69, 9.17) is 5.11 Å². The number of phenolic OH excluding ortho intramolecular Hbond substituents is 1. The highest BCUT2D eigenvalue weighted by atomic mass is 32.2. The average Bonchev–Trinajstić information content (AvgIpc) is 2.42. The first-order valence-corrected chi connectivity index (χ1v) is 7.57. The van der Waals surface area contributed by atoms with Crippen molar-refractivity contribution in [2.24, 2.45) is 0 Å². The van der Waals surface area contributed by atoms with Gasteiger partial charge in [-0.1, -0.05) is 6.42 Å². The molecule has 1 fully saturated rings. The molecule has 110 valence electrons. The quantitative estimate of drug-likeness (QED) is 0.717. The van der Waals surface area contributed by atoms with Gasteiger partial charge in [-0.3, -0.25) is 0 Å². The van der Waals surface area contributed by atoms with E-state index in [1.54, 1.807) is 0 Å². The number of carboxylic acid groups (broad SMARTS) is 1. The molecule has 0 unspecified atom stereocenters. The largest absolute Gasteiger partial charge is 0.504 e. The van der Waals surface area contributed by atoms with Gasteiger partial charge in [0.05, 0.1) is 4.90 Å². The van der Waals surface area contributed by atoms with Crippen molar-refractivity contribution in [3.63, 3.8) is 0 Å². The number of aromatic carboxylic acids is 1. The van der Waals surface area contributed by atoms with Gasteiger partial charge in [0, 0.05) is 19.2 Å². The van der Waals surface area contributed by atoms with Crippen LogP contribution in [0.5, 0.6) is 11.5 Å². The Morgan fingerprint density at radius 2 is 1.70 bits per heavy atom. The molecular weight excluding hydrogens is 286 g/mol. The molecule has 1 heterocycles. The summed E-state index contributed by atoms with van der Waals surface area (Å²) in [7, 11) is -3.86. The third kappa shape index (κ3) is 2.56. The van der Waals surface area contributed by atoms with Crippen LogP contribution in [-0.2, 0) is 10.0 Å². The number of benzene rings is 1. The van der Waals surface area contributed by atoms with Crippen LogP contribution in [0.2, 0.25) is 0 Å². The van der Waals surface area contributed by atoms with Gasteiger partial charge in [0.15, 0.2) is 11.5 Å². The number of aromatic hydroxyl groups is 2. The molecule has 1 aromatic rings. The molecule has 3 N–H and O–H groups in total. The van der Waals surface area contributed by atoms with Crippen LogP contribution in [-0.4, -0.2) is 47.1 Å². The summed E-state index contributed by atoms with van der Waals surface area (Å²) in [6, 6.07) is 1.73. The number of carboxylic acids is 1. The highest BCUT2D eigenvalue weighted by Crippen LogP contribution is 2.33. The van der Waals surface area contributed by atoms with Crippen molar-refractivity contribution in [2.45, 2.75) is 24.2 Å². The minimum absolute atomic E-state index is 0.327. The van der Waals surface area contributed by atoms with Crippen molar-refractivity contribution in [3.05, 3.63) is 17.7 Å². The zero-order chi connectivity index (χ0) is 14.9. The molecule has 1 aromatic carbocycles. The lowest BCUT2D eigenvalue weighted by molar-refractivity contribution is 0.0692. The molecule has 0 aromatic heterocycles. The molecule has 0 spiro atoms. The summed E-state index contributed by atoms with van der Waals surface area (Å²) >= 11 is 0. The number of piperidine rings is 1. The molecule has 0 bridgehead atoms. The molecule has 0 atom stereocenters. The van der Waals surface area contributed by atoms with Gasteiger partial charge in [-0.2, -0.15) is 4.31 Å². The fraction of sp³-hybridized carbons (Fsp3) is 0.417. The van der Waals surface area contributed by atoms with Gasteiger partial charge < -0.3 is 15.3 Å². The Kier molecular flexibility index (Phi) is 3.87. The van der Waals surface area contributed by atoms with Gasteiger partial charge in [0.1, 0.15) is 5.56 Å². The fourth-order valence-electron chi connectivity index (χ4n) is 2.16. The number of hydrogen-bond donors (Lipinski definition) is 3.